The number of Topliss-reactive ketones (excluding diaryl/α,β-unsaturated/α-hetero) is 1. The summed E-state index contributed by atoms with van der Waals surface area (Å²) in [5.74, 6) is 0.0313. The first kappa shape index (κ1) is 28.5. The van der Waals surface area contributed by atoms with Gasteiger partial charge in [0.15, 0.2) is 14.1 Å². The van der Waals surface area contributed by atoms with Crippen molar-refractivity contribution in [1.29, 1.82) is 0 Å². The van der Waals surface area contributed by atoms with Gasteiger partial charge in [0.1, 0.15) is 6.61 Å². The topological polar surface area (TPSA) is 73.7 Å². The largest absolute Gasteiger partial charge is 0.445 e. The molecule has 7 nitrogen and oxygen atoms in total. The smallest absolute Gasteiger partial charge is 0.410 e. The molecular weight excluding hydrogens is 562 g/mol. The number of hydrogen-bond acceptors (Lipinski definition) is 5. The van der Waals surface area contributed by atoms with Gasteiger partial charge >= 0.3 is 6.09 Å². The molecule has 0 saturated carbocycles. The average Bonchev–Trinajstić information content (AvgIpc) is 3.24. The standard InChI is InChI=1S/C29H38BrN3O4Si/c1-29(2,3)38(4,5)37-27-12-9-15-33(28(35)36-19-21-10-7-6-8-11-21)26(27)17-23(34)18-32-20-31-24-16-22(30)13-14-25(24)32/h6-8,10-11,13-14,16,20,26-27H,9,12,15,17-19H2,1-5H3/t26-,27+/m1/s1. The molecule has 204 valence electrons. The first-order valence-corrected chi connectivity index (χ1v) is 16.9. The lowest BCUT2D eigenvalue weighted by molar-refractivity contribution is -0.122. The van der Waals surface area contributed by atoms with Crippen LogP contribution in [0.15, 0.2) is 59.3 Å². The van der Waals surface area contributed by atoms with E-state index in [1.807, 2.05) is 53.1 Å². The predicted molar refractivity (Wildman–Crippen MR) is 155 cm³/mol. The highest BCUT2D eigenvalue weighted by Crippen LogP contribution is 2.39. The molecule has 1 aliphatic rings. The Bertz CT molecular complexity index is 1270. The molecule has 2 atom stereocenters. The Morgan fingerprint density at radius 2 is 1.87 bits per heavy atom. The molecule has 1 amide bonds. The number of ether oxygens (including phenoxy) is 1. The number of fused-ring (bicyclic) bond motifs is 1. The Labute approximate surface area is 234 Å². The zero-order valence-corrected chi connectivity index (χ0v) is 25.5. The number of hydrogen-bond donors (Lipinski definition) is 0. The summed E-state index contributed by atoms with van der Waals surface area (Å²) in [5, 5.41) is 0.0155. The van der Waals surface area contributed by atoms with Crippen molar-refractivity contribution in [2.45, 2.75) is 83.5 Å². The fourth-order valence-corrected chi connectivity index (χ4v) is 6.37. The number of halogens is 1. The van der Waals surface area contributed by atoms with Gasteiger partial charge in [-0.15, -0.1) is 0 Å². The summed E-state index contributed by atoms with van der Waals surface area (Å²) >= 11 is 3.47. The first-order chi connectivity index (χ1) is 17.9. The minimum atomic E-state index is -2.14. The van der Waals surface area contributed by atoms with Crippen molar-refractivity contribution in [3.63, 3.8) is 0 Å². The number of imidazole rings is 1. The molecule has 1 fully saturated rings. The maximum absolute atomic E-state index is 13.5. The molecule has 0 unspecified atom stereocenters. The quantitative estimate of drug-likeness (QED) is 0.262. The number of ketones is 1. The second-order valence-corrected chi connectivity index (χ2v) is 17.3. The lowest BCUT2D eigenvalue weighted by Gasteiger charge is -2.46. The third kappa shape index (κ3) is 6.73. The number of amides is 1. The highest BCUT2D eigenvalue weighted by atomic mass is 79.9. The van der Waals surface area contributed by atoms with Crippen LogP contribution < -0.4 is 0 Å². The average molecular weight is 601 g/mol. The van der Waals surface area contributed by atoms with E-state index in [0.717, 1.165) is 33.9 Å². The van der Waals surface area contributed by atoms with Crippen molar-refractivity contribution in [2.24, 2.45) is 0 Å². The number of rotatable bonds is 8. The van der Waals surface area contributed by atoms with E-state index in [2.05, 4.69) is 54.8 Å². The molecule has 9 heteroatoms. The van der Waals surface area contributed by atoms with Crippen LogP contribution >= 0.6 is 15.9 Å². The predicted octanol–water partition coefficient (Wildman–Crippen LogP) is 6.95. The molecule has 1 aliphatic heterocycles. The normalized spacial score (nSPS) is 18.5. The molecule has 38 heavy (non-hydrogen) atoms. The van der Waals surface area contributed by atoms with Gasteiger partial charge in [0.25, 0.3) is 0 Å². The van der Waals surface area contributed by atoms with E-state index >= 15 is 0 Å². The molecule has 2 aromatic carbocycles. The number of aromatic nitrogens is 2. The van der Waals surface area contributed by atoms with Gasteiger partial charge in [0.05, 0.1) is 36.1 Å². The van der Waals surface area contributed by atoms with Crippen molar-refractivity contribution in [3.05, 3.63) is 64.9 Å². The van der Waals surface area contributed by atoms with Crippen LogP contribution in [-0.4, -0.2) is 53.3 Å². The summed E-state index contributed by atoms with van der Waals surface area (Å²) in [7, 11) is -2.14. The van der Waals surface area contributed by atoms with Crippen molar-refractivity contribution in [2.75, 3.05) is 6.54 Å². The Kier molecular flexibility index (Phi) is 8.79. The van der Waals surface area contributed by atoms with Crippen LogP contribution in [0.3, 0.4) is 0 Å². The van der Waals surface area contributed by atoms with E-state index in [1.165, 1.54) is 0 Å². The van der Waals surface area contributed by atoms with Gasteiger partial charge in [-0.05, 0) is 54.7 Å². The Morgan fingerprint density at radius 1 is 1.13 bits per heavy atom. The molecule has 4 rings (SSSR count). The number of benzene rings is 2. The van der Waals surface area contributed by atoms with E-state index in [1.54, 1.807) is 11.2 Å². The molecule has 0 radical (unpaired) electrons. The Morgan fingerprint density at radius 3 is 2.58 bits per heavy atom. The summed E-state index contributed by atoms with van der Waals surface area (Å²) in [6.07, 6.45) is 2.92. The molecular formula is C29H38BrN3O4Si. The van der Waals surface area contributed by atoms with E-state index in [-0.39, 0.29) is 42.5 Å². The summed E-state index contributed by atoms with van der Waals surface area (Å²) in [6, 6.07) is 15.1. The molecule has 0 bridgehead atoms. The van der Waals surface area contributed by atoms with Crippen LogP contribution in [0, 0.1) is 0 Å². The van der Waals surface area contributed by atoms with Crippen molar-refractivity contribution in [1.82, 2.24) is 14.5 Å². The van der Waals surface area contributed by atoms with Crippen LogP contribution in [0.25, 0.3) is 11.0 Å². The fourth-order valence-electron chi connectivity index (χ4n) is 4.64. The second kappa shape index (κ2) is 11.7. The van der Waals surface area contributed by atoms with Crippen LogP contribution in [0.2, 0.25) is 18.1 Å². The highest BCUT2D eigenvalue weighted by molar-refractivity contribution is 9.10. The maximum atomic E-state index is 13.5. The molecule has 0 N–H and O–H groups in total. The summed E-state index contributed by atoms with van der Waals surface area (Å²) in [5.41, 5.74) is 2.66. The number of carbonyl (C=O) groups is 2. The third-order valence-corrected chi connectivity index (χ3v) is 12.8. The molecule has 1 aromatic heterocycles. The summed E-state index contributed by atoms with van der Waals surface area (Å²) < 4.78 is 15.4. The van der Waals surface area contributed by atoms with Gasteiger partial charge in [0, 0.05) is 17.4 Å². The minimum Gasteiger partial charge on any atom is -0.445 e. The summed E-state index contributed by atoms with van der Waals surface area (Å²) in [6.45, 7) is 12.0. The lowest BCUT2D eigenvalue weighted by atomic mass is 9.95. The van der Waals surface area contributed by atoms with E-state index < -0.39 is 14.4 Å². The number of nitrogens with zero attached hydrogens (tertiary/aromatic N) is 3. The SMILES string of the molecule is CC(C)(C)[Si](C)(C)O[C@H]1CCCN(C(=O)OCc2ccccc2)[C@@H]1CC(=O)Cn1cnc2cc(Br)ccc21. The van der Waals surface area contributed by atoms with Crippen LogP contribution in [0.5, 0.6) is 0 Å². The van der Waals surface area contributed by atoms with Crippen LogP contribution in [0.1, 0.15) is 45.6 Å². The van der Waals surface area contributed by atoms with Gasteiger partial charge in [-0.1, -0.05) is 67.0 Å². The van der Waals surface area contributed by atoms with Crippen molar-refractivity contribution < 1.29 is 18.8 Å². The highest BCUT2D eigenvalue weighted by Gasteiger charge is 2.44. The van der Waals surface area contributed by atoms with E-state index in [0.29, 0.717) is 6.54 Å². The number of likely N-dealkylation sites (tertiary alicyclic amines) is 1. The van der Waals surface area contributed by atoms with E-state index in [4.69, 9.17) is 9.16 Å². The van der Waals surface area contributed by atoms with Gasteiger partial charge in [0.2, 0.25) is 0 Å². The zero-order chi connectivity index (χ0) is 27.5. The van der Waals surface area contributed by atoms with E-state index in [9.17, 15) is 9.59 Å². The zero-order valence-electron chi connectivity index (χ0n) is 22.9. The molecule has 0 spiro atoms. The Balaban J connectivity index is 1.53. The van der Waals surface area contributed by atoms with Gasteiger partial charge in [-0.25, -0.2) is 9.78 Å². The van der Waals surface area contributed by atoms with Gasteiger partial charge in [-0.2, -0.15) is 0 Å². The van der Waals surface area contributed by atoms with Crippen molar-refractivity contribution in [3.8, 4) is 0 Å². The molecule has 0 aliphatic carbocycles. The van der Waals surface area contributed by atoms with Crippen LogP contribution in [0.4, 0.5) is 4.79 Å². The number of carbonyl (C=O) groups excluding carboxylic acids is 2. The Hall–Kier alpha value is -2.49. The fraction of sp³-hybridized carbons (Fsp3) is 0.483. The van der Waals surface area contributed by atoms with Gasteiger partial charge in [-0.3, -0.25) is 4.79 Å². The molecule has 3 aromatic rings. The lowest BCUT2D eigenvalue weighted by Crippen LogP contribution is -2.56. The minimum absolute atomic E-state index is 0.0155. The maximum Gasteiger partial charge on any atom is 0.410 e. The molecule has 2 heterocycles. The summed E-state index contributed by atoms with van der Waals surface area (Å²) in [4.78, 5) is 33.0. The third-order valence-electron chi connectivity index (χ3n) is 7.78. The second-order valence-electron chi connectivity index (χ2n) is 11.6. The number of piperidine rings is 1. The van der Waals surface area contributed by atoms with Crippen molar-refractivity contribution >= 4 is 47.2 Å². The van der Waals surface area contributed by atoms with Gasteiger partial charge < -0.3 is 18.6 Å². The van der Waals surface area contributed by atoms with Crippen LogP contribution in [-0.2, 0) is 27.1 Å². The monoisotopic (exact) mass is 599 g/mol. The molecule has 1 saturated heterocycles. The first-order valence-electron chi connectivity index (χ1n) is 13.2.